The van der Waals surface area contributed by atoms with Crippen molar-refractivity contribution in [1.29, 1.82) is 0 Å². The van der Waals surface area contributed by atoms with Gasteiger partial charge < -0.3 is 16.4 Å². The van der Waals surface area contributed by atoms with Crippen molar-refractivity contribution in [3.05, 3.63) is 59.1 Å². The van der Waals surface area contributed by atoms with E-state index in [1.165, 1.54) is 17.8 Å². The average Bonchev–Trinajstić information content (AvgIpc) is 3.34. The standard InChI is InChI=1S/C23H22ClFN8S/c24-18-16(5-7-28-20(18)27)34-22-19-21(31-32-22)30-17(9-29-19)33-8-6-12-14(10-33)23(12,11-26)13-3-1-2-4-15(13)25/h1-5,7,9,12,14H,6,8,10-11,26H2,(H2,27,28)(H,30,31,32)/t12-,14+,23-/m1/s1. The fourth-order valence-corrected chi connectivity index (χ4v) is 6.55. The number of nitrogen functional groups attached to an aromatic ring is 1. The zero-order valence-corrected chi connectivity index (χ0v) is 19.7. The highest BCUT2D eigenvalue weighted by Gasteiger charge is 2.66. The van der Waals surface area contributed by atoms with Crippen molar-refractivity contribution in [2.24, 2.45) is 17.6 Å². The molecule has 4 heterocycles. The van der Waals surface area contributed by atoms with Gasteiger partial charge in [0.15, 0.2) is 10.7 Å². The fraction of sp³-hybridized carbons (Fsp3) is 0.304. The van der Waals surface area contributed by atoms with E-state index in [0.29, 0.717) is 33.7 Å². The molecule has 11 heteroatoms. The Morgan fingerprint density at radius 3 is 2.91 bits per heavy atom. The second-order valence-electron chi connectivity index (χ2n) is 8.74. The van der Waals surface area contributed by atoms with Crippen LogP contribution in [-0.4, -0.2) is 44.8 Å². The molecule has 5 N–H and O–H groups in total. The predicted molar refractivity (Wildman–Crippen MR) is 130 cm³/mol. The number of hydrogen-bond donors (Lipinski definition) is 3. The van der Waals surface area contributed by atoms with E-state index >= 15 is 0 Å². The van der Waals surface area contributed by atoms with Crippen molar-refractivity contribution < 1.29 is 4.39 Å². The van der Waals surface area contributed by atoms with Gasteiger partial charge in [0.05, 0.1) is 11.2 Å². The lowest BCUT2D eigenvalue weighted by Crippen LogP contribution is -2.32. The number of halogens is 2. The molecule has 1 saturated heterocycles. The largest absolute Gasteiger partial charge is 0.382 e. The van der Waals surface area contributed by atoms with Gasteiger partial charge in [0.1, 0.15) is 23.0 Å². The molecule has 2 fully saturated rings. The molecule has 34 heavy (non-hydrogen) atoms. The van der Waals surface area contributed by atoms with Crippen LogP contribution in [0, 0.1) is 17.7 Å². The van der Waals surface area contributed by atoms with Gasteiger partial charge in [0.2, 0.25) is 0 Å². The molecule has 1 aliphatic carbocycles. The quantitative estimate of drug-likeness (QED) is 0.383. The molecule has 0 unspecified atom stereocenters. The summed E-state index contributed by atoms with van der Waals surface area (Å²) in [6, 6.07) is 8.79. The molecule has 0 radical (unpaired) electrons. The number of nitrogens with one attached hydrogen (secondary N) is 1. The molecule has 0 amide bonds. The van der Waals surface area contributed by atoms with E-state index in [1.807, 2.05) is 12.1 Å². The third-order valence-electron chi connectivity index (χ3n) is 7.18. The number of rotatable bonds is 5. The Morgan fingerprint density at radius 2 is 2.09 bits per heavy atom. The highest BCUT2D eigenvalue weighted by molar-refractivity contribution is 7.99. The van der Waals surface area contributed by atoms with Crippen LogP contribution in [0.4, 0.5) is 16.0 Å². The molecule has 1 aromatic carbocycles. The Morgan fingerprint density at radius 1 is 1.24 bits per heavy atom. The Hall–Kier alpha value is -2.95. The fourth-order valence-electron chi connectivity index (χ4n) is 5.45. The molecule has 1 saturated carbocycles. The van der Waals surface area contributed by atoms with Gasteiger partial charge in [-0.25, -0.2) is 19.3 Å². The molecule has 2 aliphatic rings. The van der Waals surface area contributed by atoms with Crippen LogP contribution in [0.3, 0.4) is 0 Å². The van der Waals surface area contributed by atoms with Gasteiger partial charge in [-0.2, -0.15) is 5.10 Å². The Bertz CT molecular complexity index is 1400. The molecule has 1 aliphatic heterocycles. The molecule has 0 spiro atoms. The first-order chi connectivity index (χ1) is 16.5. The monoisotopic (exact) mass is 496 g/mol. The number of aromatic amines is 1. The van der Waals surface area contributed by atoms with E-state index in [9.17, 15) is 4.39 Å². The summed E-state index contributed by atoms with van der Waals surface area (Å²) in [7, 11) is 0. The summed E-state index contributed by atoms with van der Waals surface area (Å²) in [5, 5.41) is 8.39. The van der Waals surface area contributed by atoms with Crippen LogP contribution in [0.5, 0.6) is 0 Å². The number of pyridine rings is 1. The summed E-state index contributed by atoms with van der Waals surface area (Å²) in [5.41, 5.74) is 13.7. The second kappa shape index (κ2) is 8.07. The lowest BCUT2D eigenvalue weighted by Gasteiger charge is -2.26. The van der Waals surface area contributed by atoms with Crippen LogP contribution in [0.1, 0.15) is 12.0 Å². The van der Waals surface area contributed by atoms with E-state index in [2.05, 4.69) is 25.1 Å². The molecule has 174 valence electrons. The maximum Gasteiger partial charge on any atom is 0.177 e. The average molecular weight is 497 g/mol. The van der Waals surface area contributed by atoms with Crippen LogP contribution < -0.4 is 16.4 Å². The van der Waals surface area contributed by atoms with Gasteiger partial charge in [-0.1, -0.05) is 41.6 Å². The SMILES string of the molecule is NC[C@]1(c2ccccc2F)[C@@H]2CCN(c3cnc4c(Sc5ccnc(N)c5Cl)n[nH]c4n3)C[C@@H]21. The molecule has 4 aromatic rings. The van der Waals surface area contributed by atoms with Crippen LogP contribution in [0.15, 0.2) is 52.6 Å². The number of H-pyrrole nitrogens is 1. The van der Waals surface area contributed by atoms with Gasteiger partial charge in [0, 0.05) is 36.1 Å². The Balaban J connectivity index is 1.25. The number of nitrogens with zero attached hydrogens (tertiary/aromatic N) is 5. The minimum atomic E-state index is -0.304. The van der Waals surface area contributed by atoms with E-state index in [0.717, 1.165) is 35.8 Å². The first-order valence-electron chi connectivity index (χ1n) is 11.0. The number of hydrogen-bond acceptors (Lipinski definition) is 8. The highest BCUT2D eigenvalue weighted by Crippen LogP contribution is 2.63. The normalized spacial score (nSPS) is 23.8. The molecular weight excluding hydrogens is 475 g/mol. The minimum absolute atomic E-state index is 0.173. The van der Waals surface area contributed by atoms with Crippen LogP contribution >= 0.6 is 23.4 Å². The van der Waals surface area contributed by atoms with Crippen LogP contribution in [0.25, 0.3) is 11.2 Å². The summed E-state index contributed by atoms with van der Waals surface area (Å²) in [6.07, 6.45) is 4.30. The first kappa shape index (κ1) is 21.6. The van der Waals surface area contributed by atoms with E-state index in [-0.39, 0.29) is 23.0 Å². The lowest BCUT2D eigenvalue weighted by molar-refractivity contribution is 0.533. The second-order valence-corrected chi connectivity index (χ2v) is 10.1. The maximum absolute atomic E-state index is 14.6. The van der Waals surface area contributed by atoms with Crippen molar-refractivity contribution >= 4 is 46.2 Å². The van der Waals surface area contributed by atoms with Gasteiger partial charge in [-0.15, -0.1) is 0 Å². The Kier molecular flexibility index (Phi) is 5.12. The van der Waals surface area contributed by atoms with Gasteiger partial charge in [-0.05, 0) is 36.0 Å². The maximum atomic E-state index is 14.6. The Labute approximate surface area is 204 Å². The molecule has 3 aromatic heterocycles. The van der Waals surface area contributed by atoms with Gasteiger partial charge in [0.25, 0.3) is 0 Å². The third kappa shape index (κ3) is 3.24. The van der Waals surface area contributed by atoms with Gasteiger partial charge >= 0.3 is 0 Å². The topological polar surface area (TPSA) is 123 Å². The van der Waals surface area contributed by atoms with Crippen molar-refractivity contribution in [2.75, 3.05) is 30.3 Å². The van der Waals surface area contributed by atoms with Crippen molar-refractivity contribution in [1.82, 2.24) is 25.1 Å². The zero-order valence-electron chi connectivity index (χ0n) is 18.1. The highest BCUT2D eigenvalue weighted by atomic mass is 35.5. The summed E-state index contributed by atoms with van der Waals surface area (Å²) in [6.45, 7) is 2.02. The van der Waals surface area contributed by atoms with Gasteiger partial charge in [-0.3, -0.25) is 5.10 Å². The number of piperidine rings is 1. The number of benzene rings is 1. The summed E-state index contributed by atoms with van der Waals surface area (Å²) >= 11 is 7.63. The van der Waals surface area contributed by atoms with E-state index < -0.39 is 0 Å². The lowest BCUT2D eigenvalue weighted by atomic mass is 9.91. The van der Waals surface area contributed by atoms with Crippen LogP contribution in [0.2, 0.25) is 5.02 Å². The number of aromatic nitrogens is 5. The molecule has 6 rings (SSSR count). The number of anilines is 2. The van der Waals surface area contributed by atoms with E-state index in [1.54, 1.807) is 24.5 Å². The number of nitrogens with two attached hydrogens (primary N) is 2. The summed E-state index contributed by atoms with van der Waals surface area (Å²) < 4.78 is 14.6. The number of fused-ring (bicyclic) bond motifs is 2. The minimum Gasteiger partial charge on any atom is -0.382 e. The molecule has 0 bridgehead atoms. The van der Waals surface area contributed by atoms with Crippen molar-refractivity contribution in [3.8, 4) is 0 Å². The smallest absolute Gasteiger partial charge is 0.177 e. The van der Waals surface area contributed by atoms with Crippen molar-refractivity contribution in [2.45, 2.75) is 21.8 Å². The summed E-state index contributed by atoms with van der Waals surface area (Å²) in [4.78, 5) is 16.4. The van der Waals surface area contributed by atoms with E-state index in [4.69, 9.17) is 28.1 Å². The summed E-state index contributed by atoms with van der Waals surface area (Å²) in [5.74, 6) is 1.53. The van der Waals surface area contributed by atoms with Crippen molar-refractivity contribution in [3.63, 3.8) is 0 Å². The third-order valence-corrected chi connectivity index (χ3v) is 8.72. The molecular formula is C23H22ClFN8S. The van der Waals surface area contributed by atoms with Crippen LogP contribution in [-0.2, 0) is 5.41 Å². The zero-order chi connectivity index (χ0) is 23.4. The molecule has 3 atom stereocenters. The molecule has 8 nitrogen and oxygen atoms in total. The predicted octanol–water partition coefficient (Wildman–Crippen LogP) is 3.63. The first-order valence-corrected chi connectivity index (χ1v) is 12.2.